The van der Waals surface area contributed by atoms with Crippen molar-refractivity contribution in [1.29, 1.82) is 0 Å². The Balaban J connectivity index is 1.54. The number of carbonyl (C=O) groups excluding carboxylic acids is 2. The molecule has 0 unspecified atom stereocenters. The van der Waals surface area contributed by atoms with Gasteiger partial charge in [-0.1, -0.05) is 48.5 Å². The van der Waals surface area contributed by atoms with Gasteiger partial charge in [-0.15, -0.1) is 11.3 Å². The van der Waals surface area contributed by atoms with Crippen molar-refractivity contribution in [3.05, 3.63) is 93.2 Å². The Kier molecular flexibility index (Phi) is 6.52. The zero-order valence-electron chi connectivity index (χ0n) is 18.1. The molecule has 1 aliphatic carbocycles. The molecule has 1 fully saturated rings. The summed E-state index contributed by atoms with van der Waals surface area (Å²) in [5, 5.41) is 0. The molecule has 4 rings (SSSR count). The van der Waals surface area contributed by atoms with E-state index in [1.807, 2.05) is 66.4 Å². The summed E-state index contributed by atoms with van der Waals surface area (Å²) >= 11 is 1.71. The van der Waals surface area contributed by atoms with Crippen LogP contribution in [0.5, 0.6) is 0 Å². The molecule has 31 heavy (non-hydrogen) atoms. The fraction of sp³-hybridized carbons (Fsp3) is 0.308. The van der Waals surface area contributed by atoms with Gasteiger partial charge in [-0.2, -0.15) is 0 Å². The van der Waals surface area contributed by atoms with Crippen molar-refractivity contribution >= 4 is 23.2 Å². The topological polar surface area (TPSA) is 40.6 Å². The summed E-state index contributed by atoms with van der Waals surface area (Å²) in [6, 6.07) is 22.0. The molecule has 0 atom stereocenters. The lowest BCUT2D eigenvalue weighted by Gasteiger charge is -2.28. The Labute approximate surface area is 188 Å². The first-order chi connectivity index (χ1) is 15.0. The van der Waals surface area contributed by atoms with Gasteiger partial charge in [-0.25, -0.2) is 0 Å². The minimum Gasteiger partial charge on any atom is -0.332 e. The van der Waals surface area contributed by atoms with E-state index in [0.717, 1.165) is 28.8 Å². The van der Waals surface area contributed by atoms with Crippen LogP contribution in [0.25, 0.3) is 0 Å². The van der Waals surface area contributed by atoms with Gasteiger partial charge in [-0.05, 0) is 56.0 Å². The first-order valence-corrected chi connectivity index (χ1v) is 11.6. The van der Waals surface area contributed by atoms with Gasteiger partial charge in [0.25, 0.3) is 5.91 Å². The zero-order chi connectivity index (χ0) is 21.8. The molecule has 0 N–H and O–H groups in total. The Morgan fingerprint density at radius 3 is 2.26 bits per heavy atom. The third kappa shape index (κ3) is 5.42. The van der Waals surface area contributed by atoms with Crippen LogP contribution in [0.4, 0.5) is 0 Å². The first-order valence-electron chi connectivity index (χ1n) is 10.7. The predicted octanol–water partition coefficient (Wildman–Crippen LogP) is 5.20. The van der Waals surface area contributed by atoms with E-state index in [0.29, 0.717) is 18.7 Å². The molecule has 2 amide bonds. The highest BCUT2D eigenvalue weighted by Crippen LogP contribution is 2.29. The maximum Gasteiger partial charge on any atom is 0.254 e. The second-order valence-corrected chi connectivity index (χ2v) is 9.60. The van der Waals surface area contributed by atoms with E-state index in [-0.39, 0.29) is 24.4 Å². The molecule has 5 heteroatoms. The van der Waals surface area contributed by atoms with Gasteiger partial charge in [0.15, 0.2) is 0 Å². The highest BCUT2D eigenvalue weighted by Gasteiger charge is 2.35. The molecule has 0 saturated heterocycles. The van der Waals surface area contributed by atoms with Crippen molar-refractivity contribution in [3.63, 3.8) is 0 Å². The summed E-state index contributed by atoms with van der Waals surface area (Å²) in [4.78, 5) is 32.8. The summed E-state index contributed by atoms with van der Waals surface area (Å²) in [5.41, 5.74) is 2.72. The second-order valence-electron chi connectivity index (χ2n) is 8.23. The SMILES string of the molecule is Cc1ccc(CN(Cc2ccccc2)C(=O)CN(C(=O)c2ccccc2C)C2CC2)s1. The minimum absolute atomic E-state index is 0.0104. The zero-order valence-corrected chi connectivity index (χ0v) is 18.9. The van der Waals surface area contributed by atoms with Crippen LogP contribution in [0.3, 0.4) is 0 Å². The first kappa shape index (κ1) is 21.3. The molecule has 0 spiro atoms. The summed E-state index contributed by atoms with van der Waals surface area (Å²) in [6.07, 6.45) is 1.93. The van der Waals surface area contributed by atoms with Crippen molar-refractivity contribution in [2.75, 3.05) is 6.54 Å². The number of thiophene rings is 1. The Morgan fingerprint density at radius 1 is 0.903 bits per heavy atom. The number of amides is 2. The fourth-order valence-electron chi connectivity index (χ4n) is 3.76. The molecule has 1 aromatic heterocycles. The Hall–Kier alpha value is -2.92. The lowest BCUT2D eigenvalue weighted by molar-refractivity contribution is -0.133. The molecular weight excluding hydrogens is 404 g/mol. The minimum atomic E-state index is -0.0411. The summed E-state index contributed by atoms with van der Waals surface area (Å²) in [7, 11) is 0. The van der Waals surface area contributed by atoms with Gasteiger partial charge in [0.1, 0.15) is 6.54 Å². The molecule has 1 saturated carbocycles. The number of rotatable bonds is 8. The highest BCUT2D eigenvalue weighted by molar-refractivity contribution is 7.11. The van der Waals surface area contributed by atoms with Gasteiger partial charge in [-0.3, -0.25) is 9.59 Å². The maximum atomic E-state index is 13.5. The monoisotopic (exact) mass is 432 g/mol. The number of benzene rings is 2. The quantitative estimate of drug-likeness (QED) is 0.491. The summed E-state index contributed by atoms with van der Waals surface area (Å²) < 4.78 is 0. The molecule has 3 aromatic rings. The van der Waals surface area contributed by atoms with Crippen molar-refractivity contribution < 1.29 is 9.59 Å². The van der Waals surface area contributed by atoms with Crippen LogP contribution < -0.4 is 0 Å². The van der Waals surface area contributed by atoms with Crippen molar-refractivity contribution in [2.24, 2.45) is 0 Å². The lowest BCUT2D eigenvalue weighted by atomic mass is 10.1. The van der Waals surface area contributed by atoms with E-state index >= 15 is 0 Å². The van der Waals surface area contributed by atoms with Crippen LogP contribution in [0.2, 0.25) is 0 Å². The van der Waals surface area contributed by atoms with E-state index in [1.165, 1.54) is 4.88 Å². The van der Waals surface area contributed by atoms with Crippen LogP contribution in [0, 0.1) is 13.8 Å². The maximum absolute atomic E-state index is 13.5. The van der Waals surface area contributed by atoms with Crippen molar-refractivity contribution in [2.45, 2.75) is 45.8 Å². The Morgan fingerprint density at radius 2 is 1.61 bits per heavy atom. The molecular formula is C26H28N2O2S. The van der Waals surface area contributed by atoms with Crippen LogP contribution in [0.1, 0.15) is 44.1 Å². The largest absolute Gasteiger partial charge is 0.332 e. The molecule has 0 radical (unpaired) electrons. The van der Waals surface area contributed by atoms with E-state index in [2.05, 4.69) is 19.1 Å². The van der Waals surface area contributed by atoms with Gasteiger partial charge in [0.05, 0.1) is 6.54 Å². The van der Waals surface area contributed by atoms with E-state index < -0.39 is 0 Å². The number of nitrogens with zero attached hydrogens (tertiary/aromatic N) is 2. The predicted molar refractivity (Wildman–Crippen MR) is 125 cm³/mol. The van der Waals surface area contributed by atoms with Gasteiger partial charge in [0.2, 0.25) is 5.91 Å². The van der Waals surface area contributed by atoms with E-state index in [9.17, 15) is 9.59 Å². The van der Waals surface area contributed by atoms with Gasteiger partial charge < -0.3 is 9.80 Å². The van der Waals surface area contributed by atoms with Crippen LogP contribution in [-0.2, 0) is 17.9 Å². The standard InChI is InChI=1S/C26H28N2O2S/c1-19-8-6-7-11-24(19)26(30)28(22-13-14-22)18-25(29)27(16-21-9-4-3-5-10-21)17-23-15-12-20(2)31-23/h3-12,15,22H,13-14,16-18H2,1-2H3. The fourth-order valence-corrected chi connectivity index (χ4v) is 4.67. The summed E-state index contributed by atoms with van der Waals surface area (Å²) in [5.74, 6) is -0.0516. The van der Waals surface area contributed by atoms with Gasteiger partial charge in [0, 0.05) is 27.9 Å². The molecule has 1 aliphatic rings. The molecule has 4 nitrogen and oxygen atoms in total. The Bertz CT molecular complexity index is 1060. The molecule has 160 valence electrons. The highest BCUT2D eigenvalue weighted by atomic mass is 32.1. The van der Waals surface area contributed by atoms with Crippen LogP contribution in [-0.4, -0.2) is 34.2 Å². The summed E-state index contributed by atoms with van der Waals surface area (Å²) in [6.45, 7) is 5.24. The number of hydrogen-bond donors (Lipinski definition) is 0. The van der Waals surface area contributed by atoms with Crippen molar-refractivity contribution in [1.82, 2.24) is 9.80 Å². The third-order valence-corrected chi connectivity index (χ3v) is 6.63. The average Bonchev–Trinajstić information content (AvgIpc) is 3.53. The van der Waals surface area contributed by atoms with Gasteiger partial charge >= 0.3 is 0 Å². The molecule has 2 aromatic carbocycles. The number of carbonyl (C=O) groups is 2. The second kappa shape index (κ2) is 9.48. The van der Waals surface area contributed by atoms with Crippen molar-refractivity contribution in [3.8, 4) is 0 Å². The third-order valence-electron chi connectivity index (χ3n) is 5.64. The molecule has 0 bridgehead atoms. The van der Waals surface area contributed by atoms with Crippen LogP contribution >= 0.6 is 11.3 Å². The molecule has 1 heterocycles. The average molecular weight is 433 g/mol. The number of hydrogen-bond acceptors (Lipinski definition) is 3. The normalized spacial score (nSPS) is 13.1. The smallest absolute Gasteiger partial charge is 0.254 e. The van der Waals surface area contributed by atoms with E-state index in [1.54, 1.807) is 16.2 Å². The number of aryl methyl sites for hydroxylation is 2. The van der Waals surface area contributed by atoms with Crippen LogP contribution in [0.15, 0.2) is 66.7 Å². The molecule has 0 aliphatic heterocycles. The van der Waals surface area contributed by atoms with E-state index in [4.69, 9.17) is 0 Å². The lowest BCUT2D eigenvalue weighted by Crippen LogP contribution is -2.43.